The van der Waals surface area contributed by atoms with Crippen molar-refractivity contribution in [2.75, 3.05) is 6.61 Å². The highest BCUT2D eigenvalue weighted by molar-refractivity contribution is 5.78. The van der Waals surface area contributed by atoms with Crippen molar-refractivity contribution in [1.29, 1.82) is 0 Å². The Hall–Kier alpha value is -1.78. The fourth-order valence-corrected chi connectivity index (χ4v) is 1.32. The molecule has 0 aliphatic rings. The maximum Gasteiger partial charge on any atom is 0.218 e. The molecule has 1 rings (SSSR count). The van der Waals surface area contributed by atoms with Gasteiger partial charge in [-0.1, -0.05) is 6.07 Å². The third-order valence-corrected chi connectivity index (χ3v) is 1.99. The van der Waals surface area contributed by atoms with Crippen LogP contribution in [0.2, 0.25) is 0 Å². The van der Waals surface area contributed by atoms with E-state index in [9.17, 15) is 0 Å². The minimum atomic E-state index is 0.277. The van der Waals surface area contributed by atoms with Crippen LogP contribution in [0.25, 0.3) is 0 Å². The molecule has 0 aromatic carbocycles. The number of nitrogens with two attached hydrogens (primary N) is 1. The Morgan fingerprint density at radius 3 is 3.00 bits per heavy atom. The van der Waals surface area contributed by atoms with Gasteiger partial charge < -0.3 is 15.8 Å². The molecule has 0 atom stereocenters. The number of nitrogens with one attached hydrogen (secondary N) is 1. The van der Waals surface area contributed by atoms with Crippen molar-refractivity contribution in [2.24, 2.45) is 10.7 Å². The quantitative estimate of drug-likeness (QED) is 0.597. The first-order chi connectivity index (χ1) is 8.13. The molecule has 0 bridgehead atoms. The van der Waals surface area contributed by atoms with Crippen LogP contribution in [-0.2, 0) is 6.54 Å². The summed E-state index contributed by atoms with van der Waals surface area (Å²) in [5.41, 5.74) is 6.66. The van der Waals surface area contributed by atoms with Gasteiger partial charge in [0.15, 0.2) is 5.96 Å². The van der Waals surface area contributed by atoms with Gasteiger partial charge in [0.1, 0.15) is 0 Å². The van der Waals surface area contributed by atoms with Crippen LogP contribution in [0.4, 0.5) is 0 Å². The van der Waals surface area contributed by atoms with Crippen LogP contribution < -0.4 is 15.8 Å². The summed E-state index contributed by atoms with van der Waals surface area (Å²) in [5, 5.41) is 3.03. The molecule has 5 heteroatoms. The van der Waals surface area contributed by atoms with Crippen LogP contribution in [0.3, 0.4) is 0 Å². The minimum absolute atomic E-state index is 0.277. The van der Waals surface area contributed by atoms with Crippen molar-refractivity contribution in [1.82, 2.24) is 10.3 Å². The van der Waals surface area contributed by atoms with Crippen LogP contribution in [0.1, 0.15) is 26.3 Å². The van der Waals surface area contributed by atoms with Crippen molar-refractivity contribution in [3.63, 3.8) is 0 Å². The van der Waals surface area contributed by atoms with E-state index in [4.69, 9.17) is 10.5 Å². The third kappa shape index (κ3) is 4.72. The normalized spacial score (nSPS) is 11.6. The number of ether oxygens (including phenoxy) is 1. The van der Waals surface area contributed by atoms with Gasteiger partial charge in [0.2, 0.25) is 5.88 Å². The van der Waals surface area contributed by atoms with E-state index in [0.29, 0.717) is 25.0 Å². The molecule has 1 aromatic heterocycles. The number of aromatic nitrogens is 1. The Morgan fingerprint density at radius 1 is 1.59 bits per heavy atom. The van der Waals surface area contributed by atoms with Crippen molar-refractivity contribution >= 4 is 5.96 Å². The lowest BCUT2D eigenvalue weighted by Gasteiger charge is -2.09. The maximum atomic E-state index is 5.72. The number of rotatable bonds is 5. The van der Waals surface area contributed by atoms with Gasteiger partial charge in [-0.3, -0.25) is 0 Å². The average Bonchev–Trinajstić information content (AvgIpc) is 2.27. The number of pyridine rings is 1. The molecule has 0 spiro atoms. The van der Waals surface area contributed by atoms with Crippen molar-refractivity contribution in [2.45, 2.75) is 33.4 Å². The lowest BCUT2D eigenvalue weighted by Crippen LogP contribution is -2.36. The zero-order valence-electron chi connectivity index (χ0n) is 10.6. The van der Waals surface area contributed by atoms with Crippen molar-refractivity contribution < 1.29 is 4.74 Å². The van der Waals surface area contributed by atoms with Gasteiger partial charge in [0.25, 0.3) is 0 Å². The number of hydrogen-bond donors (Lipinski definition) is 2. The Bertz CT molecular complexity index is 377. The van der Waals surface area contributed by atoms with E-state index in [1.807, 2.05) is 32.9 Å². The molecule has 0 saturated carbocycles. The Balaban J connectivity index is 2.67. The smallest absolute Gasteiger partial charge is 0.218 e. The van der Waals surface area contributed by atoms with E-state index in [2.05, 4.69) is 15.3 Å². The fourth-order valence-electron chi connectivity index (χ4n) is 1.32. The first-order valence-electron chi connectivity index (χ1n) is 5.76. The number of guanidine groups is 1. The van der Waals surface area contributed by atoms with Crippen LogP contribution in [-0.4, -0.2) is 23.6 Å². The van der Waals surface area contributed by atoms with E-state index < -0.39 is 0 Å². The summed E-state index contributed by atoms with van der Waals surface area (Å²) in [4.78, 5) is 8.40. The second-order valence-electron chi connectivity index (χ2n) is 3.90. The summed E-state index contributed by atoms with van der Waals surface area (Å²) in [6.07, 6.45) is 1.70. The predicted octanol–water partition coefficient (Wildman–Crippen LogP) is 1.29. The summed E-state index contributed by atoms with van der Waals surface area (Å²) in [6.45, 7) is 7.01. The first kappa shape index (κ1) is 13.3. The summed E-state index contributed by atoms with van der Waals surface area (Å²) in [7, 11) is 0. The largest absolute Gasteiger partial charge is 0.478 e. The lowest BCUT2D eigenvalue weighted by molar-refractivity contribution is 0.323. The van der Waals surface area contributed by atoms with E-state index in [0.717, 1.165) is 5.56 Å². The molecule has 3 N–H and O–H groups in total. The van der Waals surface area contributed by atoms with Gasteiger partial charge in [-0.2, -0.15) is 0 Å². The molecule has 0 amide bonds. The van der Waals surface area contributed by atoms with Crippen molar-refractivity contribution in [3.05, 3.63) is 23.9 Å². The van der Waals surface area contributed by atoms with E-state index in [1.165, 1.54) is 0 Å². The molecule has 0 unspecified atom stereocenters. The minimum Gasteiger partial charge on any atom is -0.478 e. The zero-order valence-corrected chi connectivity index (χ0v) is 10.6. The van der Waals surface area contributed by atoms with Gasteiger partial charge >= 0.3 is 0 Å². The molecule has 5 nitrogen and oxygen atoms in total. The Labute approximate surface area is 102 Å². The van der Waals surface area contributed by atoms with Crippen LogP contribution in [0.15, 0.2) is 23.3 Å². The molecule has 0 saturated heterocycles. The first-order valence-corrected chi connectivity index (χ1v) is 5.76. The number of nitrogens with zero attached hydrogens (tertiary/aromatic N) is 2. The summed E-state index contributed by atoms with van der Waals surface area (Å²) in [6, 6.07) is 4.07. The van der Waals surface area contributed by atoms with Gasteiger partial charge in [-0.25, -0.2) is 9.98 Å². The van der Waals surface area contributed by atoms with Crippen molar-refractivity contribution in [3.8, 4) is 5.88 Å². The molecule has 0 radical (unpaired) electrons. The maximum absolute atomic E-state index is 5.72. The van der Waals surface area contributed by atoms with Crippen LogP contribution >= 0.6 is 0 Å². The summed E-state index contributed by atoms with van der Waals surface area (Å²) >= 11 is 0. The molecular weight excluding hydrogens is 216 g/mol. The van der Waals surface area contributed by atoms with Gasteiger partial charge in [0.05, 0.1) is 13.2 Å². The van der Waals surface area contributed by atoms with Crippen LogP contribution in [0, 0.1) is 0 Å². The molecule has 0 aliphatic heterocycles. The summed E-state index contributed by atoms with van der Waals surface area (Å²) < 4.78 is 5.41. The molecule has 17 heavy (non-hydrogen) atoms. The molecular formula is C12H20N4O. The van der Waals surface area contributed by atoms with E-state index >= 15 is 0 Å². The topological polar surface area (TPSA) is 72.5 Å². The standard InChI is InChI=1S/C12H20N4O/c1-4-17-11-10(6-5-7-14-11)8-15-12(13)16-9(2)3/h5-7,9H,4,8H2,1-3H3,(H3,13,15,16). The monoisotopic (exact) mass is 236 g/mol. The molecule has 0 fully saturated rings. The van der Waals surface area contributed by atoms with Gasteiger partial charge in [0, 0.05) is 17.8 Å². The Morgan fingerprint density at radius 2 is 2.35 bits per heavy atom. The number of hydrogen-bond acceptors (Lipinski definition) is 3. The van der Waals surface area contributed by atoms with E-state index in [-0.39, 0.29) is 6.04 Å². The molecule has 94 valence electrons. The second-order valence-corrected chi connectivity index (χ2v) is 3.90. The lowest BCUT2D eigenvalue weighted by atomic mass is 10.3. The zero-order chi connectivity index (χ0) is 12.7. The predicted molar refractivity (Wildman–Crippen MR) is 69.0 cm³/mol. The average molecular weight is 236 g/mol. The third-order valence-electron chi connectivity index (χ3n) is 1.99. The molecule has 1 aromatic rings. The van der Waals surface area contributed by atoms with Gasteiger partial charge in [-0.15, -0.1) is 0 Å². The number of aliphatic imine (C=N–C) groups is 1. The van der Waals surface area contributed by atoms with E-state index in [1.54, 1.807) is 6.20 Å². The Kier molecular flexibility index (Phi) is 5.26. The highest BCUT2D eigenvalue weighted by Gasteiger charge is 2.03. The second kappa shape index (κ2) is 6.73. The highest BCUT2D eigenvalue weighted by atomic mass is 16.5. The fraction of sp³-hybridized carbons (Fsp3) is 0.500. The SMILES string of the molecule is CCOc1ncccc1CN=C(N)NC(C)C. The van der Waals surface area contributed by atoms with Gasteiger partial charge in [-0.05, 0) is 26.8 Å². The van der Waals surface area contributed by atoms with Crippen LogP contribution in [0.5, 0.6) is 5.88 Å². The molecule has 0 aliphatic carbocycles. The highest BCUT2D eigenvalue weighted by Crippen LogP contribution is 2.14. The summed E-state index contributed by atoms with van der Waals surface area (Å²) in [5.74, 6) is 1.06. The molecule has 1 heterocycles.